The van der Waals surface area contributed by atoms with Gasteiger partial charge in [-0.1, -0.05) is 19.3 Å². The van der Waals surface area contributed by atoms with Crippen molar-refractivity contribution >= 4 is 23.3 Å². The van der Waals surface area contributed by atoms with Crippen LogP contribution in [-0.2, 0) is 4.74 Å². The topological polar surface area (TPSA) is 86.3 Å². The van der Waals surface area contributed by atoms with Crippen molar-refractivity contribution in [1.82, 2.24) is 24.4 Å². The molecule has 0 amide bonds. The van der Waals surface area contributed by atoms with E-state index >= 15 is 0 Å². The molecule has 4 aromatic rings. The number of pyridine rings is 1. The number of fused-ring (bicyclic) bond motifs is 1. The Kier molecular flexibility index (Phi) is 5.11. The van der Waals surface area contributed by atoms with E-state index in [1.807, 2.05) is 24.5 Å². The molecule has 0 atom stereocenters. The molecule has 0 radical (unpaired) electrons. The lowest BCUT2D eigenvalue weighted by atomic mass is 9.96. The Morgan fingerprint density at radius 1 is 1.13 bits per heavy atom. The highest BCUT2D eigenvalue weighted by atomic mass is 16.5. The number of carbonyl (C=O) groups is 1. The van der Waals surface area contributed by atoms with Crippen LogP contribution in [0.3, 0.4) is 0 Å². The SMILES string of the molecule is COC(=O)c1ccc(Nc2nc3c(-c4cnn(C5CCCCC5)c4)cccn3n2)cc1. The number of benzene rings is 1. The number of methoxy groups -OCH3 is 1. The molecular formula is C23H24N6O2. The standard InChI is InChI=1S/C23H24N6O2/c1-31-22(30)16-9-11-18(12-10-16)25-23-26-21-20(8-5-13-28(21)27-23)17-14-24-29(15-17)19-6-3-2-4-7-19/h5,8-15,19H,2-4,6-7H2,1H3,(H,25,27). The fourth-order valence-corrected chi connectivity index (χ4v) is 4.14. The van der Waals surface area contributed by atoms with Crippen LogP contribution in [0.15, 0.2) is 55.0 Å². The van der Waals surface area contributed by atoms with Crippen LogP contribution >= 0.6 is 0 Å². The number of anilines is 2. The second-order valence-corrected chi connectivity index (χ2v) is 7.82. The number of carbonyl (C=O) groups excluding carboxylic acids is 1. The summed E-state index contributed by atoms with van der Waals surface area (Å²) in [5.41, 5.74) is 4.08. The molecule has 1 aliphatic carbocycles. The zero-order valence-corrected chi connectivity index (χ0v) is 17.4. The third kappa shape index (κ3) is 3.88. The summed E-state index contributed by atoms with van der Waals surface area (Å²) >= 11 is 0. The lowest BCUT2D eigenvalue weighted by Crippen LogP contribution is -2.12. The molecule has 3 heterocycles. The first-order chi connectivity index (χ1) is 15.2. The van der Waals surface area contributed by atoms with Crippen LogP contribution in [0.5, 0.6) is 0 Å². The smallest absolute Gasteiger partial charge is 0.337 e. The van der Waals surface area contributed by atoms with Gasteiger partial charge in [0, 0.05) is 29.2 Å². The maximum Gasteiger partial charge on any atom is 0.337 e. The van der Waals surface area contributed by atoms with E-state index in [0.29, 0.717) is 17.6 Å². The summed E-state index contributed by atoms with van der Waals surface area (Å²) in [5, 5.41) is 12.4. The van der Waals surface area contributed by atoms with Crippen LogP contribution < -0.4 is 5.32 Å². The van der Waals surface area contributed by atoms with Crippen molar-refractivity contribution < 1.29 is 9.53 Å². The van der Waals surface area contributed by atoms with Crippen LogP contribution in [0.25, 0.3) is 16.8 Å². The highest BCUT2D eigenvalue weighted by molar-refractivity contribution is 5.89. The van der Waals surface area contributed by atoms with Crippen LogP contribution in [0.1, 0.15) is 48.5 Å². The van der Waals surface area contributed by atoms with Gasteiger partial charge in [-0.2, -0.15) is 10.1 Å². The van der Waals surface area contributed by atoms with Gasteiger partial charge in [0.05, 0.1) is 24.9 Å². The first-order valence-electron chi connectivity index (χ1n) is 10.6. The Balaban J connectivity index is 1.40. The Morgan fingerprint density at radius 2 is 1.94 bits per heavy atom. The minimum atomic E-state index is -0.365. The van der Waals surface area contributed by atoms with E-state index < -0.39 is 0 Å². The number of aromatic nitrogens is 5. The molecule has 1 saturated carbocycles. The number of hydrogen-bond acceptors (Lipinski definition) is 6. The lowest BCUT2D eigenvalue weighted by Gasteiger charge is -2.21. The van der Waals surface area contributed by atoms with Gasteiger partial charge in [-0.25, -0.2) is 9.31 Å². The Hall–Kier alpha value is -3.68. The zero-order valence-electron chi connectivity index (χ0n) is 17.4. The molecule has 0 bridgehead atoms. The summed E-state index contributed by atoms with van der Waals surface area (Å²) in [6, 6.07) is 11.5. The first kappa shape index (κ1) is 19.3. The van der Waals surface area contributed by atoms with Crippen molar-refractivity contribution in [3.8, 4) is 11.1 Å². The second kappa shape index (κ2) is 8.22. The Labute approximate surface area is 179 Å². The molecular weight excluding hydrogens is 392 g/mol. The average Bonchev–Trinajstić information content (AvgIpc) is 3.46. The van der Waals surface area contributed by atoms with Gasteiger partial charge in [-0.15, -0.1) is 5.10 Å². The number of esters is 1. The van der Waals surface area contributed by atoms with E-state index in [9.17, 15) is 4.79 Å². The van der Waals surface area contributed by atoms with Gasteiger partial charge >= 0.3 is 5.97 Å². The Morgan fingerprint density at radius 3 is 2.71 bits per heavy atom. The quantitative estimate of drug-likeness (QED) is 0.478. The van der Waals surface area contributed by atoms with Crippen molar-refractivity contribution in [3.63, 3.8) is 0 Å². The van der Waals surface area contributed by atoms with Gasteiger partial charge in [0.1, 0.15) is 0 Å². The Bertz CT molecular complexity index is 1200. The third-order valence-electron chi connectivity index (χ3n) is 5.79. The summed E-state index contributed by atoms with van der Waals surface area (Å²) in [7, 11) is 1.37. The zero-order chi connectivity index (χ0) is 21.2. The highest BCUT2D eigenvalue weighted by Gasteiger charge is 2.18. The molecule has 0 saturated heterocycles. The van der Waals surface area contributed by atoms with Crippen molar-refractivity contribution in [2.24, 2.45) is 0 Å². The molecule has 8 heteroatoms. The third-order valence-corrected chi connectivity index (χ3v) is 5.79. The molecule has 3 aromatic heterocycles. The normalized spacial score (nSPS) is 14.6. The summed E-state index contributed by atoms with van der Waals surface area (Å²) in [4.78, 5) is 16.3. The van der Waals surface area contributed by atoms with Crippen molar-refractivity contribution in [2.45, 2.75) is 38.1 Å². The predicted octanol–water partition coefficient (Wildman–Crippen LogP) is 4.63. The van der Waals surface area contributed by atoms with Gasteiger partial charge in [0.15, 0.2) is 5.65 Å². The molecule has 31 heavy (non-hydrogen) atoms. The van der Waals surface area contributed by atoms with E-state index in [1.165, 1.54) is 39.2 Å². The van der Waals surface area contributed by atoms with E-state index in [1.54, 1.807) is 28.8 Å². The number of rotatable bonds is 5. The second-order valence-electron chi connectivity index (χ2n) is 7.82. The van der Waals surface area contributed by atoms with E-state index in [4.69, 9.17) is 9.72 Å². The van der Waals surface area contributed by atoms with Crippen molar-refractivity contribution in [1.29, 1.82) is 0 Å². The van der Waals surface area contributed by atoms with Crippen molar-refractivity contribution in [2.75, 3.05) is 12.4 Å². The predicted molar refractivity (Wildman–Crippen MR) is 117 cm³/mol. The van der Waals surface area contributed by atoms with Crippen LogP contribution in [0.4, 0.5) is 11.6 Å². The van der Waals surface area contributed by atoms with E-state index in [2.05, 4.69) is 26.4 Å². The van der Waals surface area contributed by atoms with Crippen LogP contribution in [0, 0.1) is 0 Å². The molecule has 1 aliphatic rings. The minimum Gasteiger partial charge on any atom is -0.465 e. The minimum absolute atomic E-state index is 0.365. The number of nitrogens with one attached hydrogen (secondary N) is 1. The maximum atomic E-state index is 11.6. The van der Waals surface area contributed by atoms with E-state index in [-0.39, 0.29) is 5.97 Å². The molecule has 0 spiro atoms. The molecule has 5 rings (SSSR count). The van der Waals surface area contributed by atoms with E-state index in [0.717, 1.165) is 22.5 Å². The van der Waals surface area contributed by atoms with Gasteiger partial charge in [-0.05, 0) is 49.2 Å². The molecule has 0 aliphatic heterocycles. The van der Waals surface area contributed by atoms with Gasteiger partial charge < -0.3 is 10.1 Å². The fraction of sp³-hybridized carbons (Fsp3) is 0.304. The largest absolute Gasteiger partial charge is 0.465 e. The summed E-state index contributed by atoms with van der Waals surface area (Å²) in [5.74, 6) is 0.119. The average molecular weight is 416 g/mol. The van der Waals surface area contributed by atoms with Crippen LogP contribution in [0.2, 0.25) is 0 Å². The fourth-order valence-electron chi connectivity index (χ4n) is 4.14. The monoisotopic (exact) mass is 416 g/mol. The number of nitrogens with zero attached hydrogens (tertiary/aromatic N) is 5. The molecule has 1 fully saturated rings. The number of hydrogen-bond donors (Lipinski definition) is 1. The lowest BCUT2D eigenvalue weighted by molar-refractivity contribution is 0.0601. The summed E-state index contributed by atoms with van der Waals surface area (Å²) in [6.45, 7) is 0. The molecule has 1 N–H and O–H groups in total. The first-order valence-corrected chi connectivity index (χ1v) is 10.6. The molecule has 8 nitrogen and oxygen atoms in total. The van der Waals surface area contributed by atoms with Gasteiger partial charge in [0.2, 0.25) is 5.95 Å². The molecule has 158 valence electrons. The summed E-state index contributed by atoms with van der Waals surface area (Å²) < 4.78 is 8.61. The molecule has 0 unspecified atom stereocenters. The van der Waals surface area contributed by atoms with Crippen LogP contribution in [-0.4, -0.2) is 37.5 Å². The summed E-state index contributed by atoms with van der Waals surface area (Å²) in [6.07, 6.45) is 12.2. The highest BCUT2D eigenvalue weighted by Crippen LogP contribution is 2.30. The van der Waals surface area contributed by atoms with Gasteiger partial charge in [0.25, 0.3) is 0 Å². The molecule has 1 aromatic carbocycles. The number of ether oxygens (including phenoxy) is 1. The van der Waals surface area contributed by atoms with Crippen molar-refractivity contribution in [3.05, 3.63) is 60.6 Å². The maximum absolute atomic E-state index is 11.6. The van der Waals surface area contributed by atoms with Gasteiger partial charge in [-0.3, -0.25) is 4.68 Å².